The van der Waals surface area contributed by atoms with Gasteiger partial charge in [-0.05, 0) is 59.4 Å². The topological polar surface area (TPSA) is 75.9 Å². The molecule has 2 heterocycles. The number of para-hydroxylation sites is 2. The normalized spacial score (nSPS) is 14.7. The summed E-state index contributed by atoms with van der Waals surface area (Å²) < 4.78 is 12.2. The molecule has 0 saturated carbocycles. The van der Waals surface area contributed by atoms with Crippen LogP contribution < -0.4 is 9.64 Å². The van der Waals surface area contributed by atoms with Crippen molar-refractivity contribution in [1.29, 1.82) is 0 Å². The van der Waals surface area contributed by atoms with E-state index in [1.165, 1.54) is 4.90 Å². The summed E-state index contributed by atoms with van der Waals surface area (Å²) >= 11 is 1.10. The van der Waals surface area contributed by atoms with Crippen LogP contribution in [0.4, 0.5) is 10.8 Å². The zero-order valence-electron chi connectivity index (χ0n) is 28.0. The van der Waals surface area contributed by atoms with E-state index in [2.05, 4.69) is 16.8 Å². The molecule has 0 bridgehead atoms. The number of hydrogen-bond acceptors (Lipinski definition) is 7. The summed E-state index contributed by atoms with van der Waals surface area (Å²) in [7, 11) is 0. The van der Waals surface area contributed by atoms with Crippen LogP contribution in [-0.2, 0) is 16.8 Å². The Balaban J connectivity index is 1.07. The van der Waals surface area contributed by atoms with E-state index < -0.39 is 10.8 Å². The van der Waals surface area contributed by atoms with Crippen LogP contribution in [0.2, 0.25) is 0 Å². The van der Waals surface area contributed by atoms with Crippen molar-refractivity contribution in [2.24, 2.45) is 0 Å². The number of oxazole rings is 1. The van der Waals surface area contributed by atoms with E-state index in [9.17, 15) is 9.59 Å². The highest BCUT2D eigenvalue weighted by molar-refractivity contribution is 8.15. The van der Waals surface area contributed by atoms with Crippen LogP contribution in [0, 0.1) is 0 Å². The monoisotopic (exact) mass is 681 g/mol. The second-order valence-electron chi connectivity index (χ2n) is 12.4. The Morgan fingerprint density at radius 1 is 0.760 bits per heavy atom. The summed E-state index contributed by atoms with van der Waals surface area (Å²) in [6, 6.07) is 45.7. The molecule has 252 valence electrons. The predicted octanol–water partition coefficient (Wildman–Crippen LogP) is 9.11. The molecule has 7 nitrogen and oxygen atoms in total. The lowest BCUT2D eigenvalue weighted by Gasteiger charge is -2.42. The Hall–Kier alpha value is -5.34. The second kappa shape index (κ2) is 15.0. The standard InChI is InChI=1S/C42H39N3O4S/c1-2-3-27-44(40-43-36-21-13-14-22-37(36)49-40)28-29-48-35-25-23-31(24-26-35)30-38-39(46)45(41(47)50-38)42(32-15-7-4-8-16-32,33-17-9-5-10-18-33)34-19-11-6-12-20-34/h4-26,38H,2-3,27-30H2,1H3. The van der Waals surface area contributed by atoms with Gasteiger partial charge in [0.1, 0.15) is 23.4 Å². The minimum atomic E-state index is -1.12. The molecule has 0 N–H and O–H groups in total. The summed E-state index contributed by atoms with van der Waals surface area (Å²) in [5.74, 6) is 0.532. The van der Waals surface area contributed by atoms with Crippen molar-refractivity contribution < 1.29 is 18.7 Å². The molecule has 1 aliphatic heterocycles. The average molecular weight is 682 g/mol. The van der Waals surface area contributed by atoms with Crippen molar-refractivity contribution in [2.75, 3.05) is 24.6 Å². The Bertz CT molecular complexity index is 1900. The molecule has 8 heteroatoms. The number of benzene rings is 5. The van der Waals surface area contributed by atoms with Crippen molar-refractivity contribution in [1.82, 2.24) is 9.88 Å². The van der Waals surface area contributed by atoms with Crippen LogP contribution in [0.1, 0.15) is 42.0 Å². The molecule has 1 aromatic heterocycles. The highest BCUT2D eigenvalue weighted by Gasteiger charge is 2.53. The lowest BCUT2D eigenvalue weighted by molar-refractivity contribution is -0.129. The summed E-state index contributed by atoms with van der Waals surface area (Å²) in [6.45, 7) is 4.09. The van der Waals surface area contributed by atoms with Crippen molar-refractivity contribution in [2.45, 2.75) is 37.0 Å². The fourth-order valence-electron chi connectivity index (χ4n) is 6.67. The number of carbonyl (C=O) groups excluding carboxylic acids is 2. The van der Waals surface area contributed by atoms with Crippen LogP contribution in [0.15, 0.2) is 144 Å². The number of unbranched alkanes of at least 4 members (excludes halogenated alkanes) is 1. The molecular weight excluding hydrogens is 643 g/mol. The third-order valence-electron chi connectivity index (χ3n) is 9.14. The van der Waals surface area contributed by atoms with Crippen molar-refractivity contribution >= 4 is 40.0 Å². The van der Waals surface area contributed by atoms with Crippen molar-refractivity contribution in [3.63, 3.8) is 0 Å². The van der Waals surface area contributed by atoms with E-state index >= 15 is 0 Å². The van der Waals surface area contributed by atoms with Crippen molar-refractivity contribution in [3.05, 3.63) is 162 Å². The first kappa shape index (κ1) is 33.2. The van der Waals surface area contributed by atoms with E-state index in [-0.39, 0.29) is 11.1 Å². The first-order valence-corrected chi connectivity index (χ1v) is 18.0. The van der Waals surface area contributed by atoms with E-state index in [4.69, 9.17) is 9.15 Å². The predicted molar refractivity (Wildman–Crippen MR) is 200 cm³/mol. The Morgan fingerprint density at radius 2 is 1.34 bits per heavy atom. The molecule has 6 aromatic rings. The van der Waals surface area contributed by atoms with Gasteiger partial charge in [-0.2, -0.15) is 4.98 Å². The van der Waals surface area contributed by atoms with Crippen LogP contribution >= 0.6 is 11.8 Å². The van der Waals surface area contributed by atoms with E-state index in [1.807, 2.05) is 140 Å². The zero-order chi connectivity index (χ0) is 34.3. The number of fused-ring (bicyclic) bond motifs is 1. The highest BCUT2D eigenvalue weighted by Crippen LogP contribution is 2.47. The molecule has 0 aliphatic carbocycles. The van der Waals surface area contributed by atoms with Gasteiger partial charge in [-0.3, -0.25) is 14.5 Å². The number of anilines is 1. The number of aromatic nitrogens is 1. The molecular formula is C42H39N3O4S. The molecule has 7 rings (SSSR count). The van der Waals surface area contributed by atoms with Crippen LogP contribution in [0.3, 0.4) is 0 Å². The number of nitrogens with zero attached hydrogens (tertiary/aromatic N) is 3. The molecule has 1 saturated heterocycles. The van der Waals surface area contributed by atoms with Gasteiger partial charge in [-0.25, -0.2) is 0 Å². The number of imide groups is 1. The van der Waals surface area contributed by atoms with E-state index in [1.54, 1.807) is 0 Å². The van der Waals surface area contributed by atoms with Crippen molar-refractivity contribution in [3.8, 4) is 5.75 Å². The smallest absolute Gasteiger partial charge is 0.298 e. The summed E-state index contributed by atoms with van der Waals surface area (Å²) in [5, 5.41) is -0.823. The van der Waals surface area contributed by atoms with Gasteiger partial charge in [0.05, 0.1) is 11.8 Å². The second-order valence-corrected chi connectivity index (χ2v) is 13.5. The minimum Gasteiger partial charge on any atom is -0.492 e. The van der Waals surface area contributed by atoms with Gasteiger partial charge >= 0.3 is 0 Å². The van der Waals surface area contributed by atoms with Gasteiger partial charge in [0.15, 0.2) is 5.58 Å². The molecule has 0 spiro atoms. The third-order valence-corrected chi connectivity index (χ3v) is 10.2. The number of hydrogen-bond donors (Lipinski definition) is 0. The zero-order valence-corrected chi connectivity index (χ0v) is 28.8. The molecule has 50 heavy (non-hydrogen) atoms. The molecule has 1 fully saturated rings. The summed E-state index contributed by atoms with van der Waals surface area (Å²) in [6.07, 6.45) is 2.51. The number of ether oxygens (including phenoxy) is 1. The number of carbonyl (C=O) groups is 2. The SMILES string of the molecule is CCCCN(CCOc1ccc(CC2SC(=O)N(C(c3ccccc3)(c3ccccc3)c3ccccc3)C2=O)cc1)c1nc2ccccc2o1. The van der Waals surface area contributed by atoms with Gasteiger partial charge in [-0.1, -0.05) is 140 Å². The Labute approximate surface area is 296 Å². The maximum absolute atomic E-state index is 14.5. The van der Waals surface area contributed by atoms with Crippen LogP contribution in [0.25, 0.3) is 11.1 Å². The number of rotatable bonds is 14. The minimum absolute atomic E-state index is 0.205. The Kier molecular flexibility index (Phi) is 9.98. The Morgan fingerprint density at radius 3 is 1.92 bits per heavy atom. The van der Waals surface area contributed by atoms with Gasteiger partial charge in [-0.15, -0.1) is 0 Å². The summed E-state index contributed by atoms with van der Waals surface area (Å²) in [5.41, 5.74) is 4.01. The maximum Gasteiger partial charge on any atom is 0.298 e. The quantitative estimate of drug-likeness (QED) is 0.106. The number of amides is 2. The highest BCUT2D eigenvalue weighted by atomic mass is 32.2. The lowest BCUT2D eigenvalue weighted by atomic mass is 9.75. The molecule has 1 unspecified atom stereocenters. The molecule has 1 aliphatic rings. The van der Waals surface area contributed by atoms with E-state index in [0.29, 0.717) is 25.6 Å². The van der Waals surface area contributed by atoms with Gasteiger partial charge in [0.2, 0.25) is 5.91 Å². The third kappa shape index (κ3) is 6.63. The number of thioether (sulfide) groups is 1. The first-order valence-electron chi connectivity index (χ1n) is 17.1. The van der Waals surface area contributed by atoms with Crippen LogP contribution in [-0.4, -0.2) is 46.0 Å². The van der Waals surface area contributed by atoms with Crippen LogP contribution in [0.5, 0.6) is 5.75 Å². The maximum atomic E-state index is 14.5. The lowest BCUT2D eigenvalue weighted by Crippen LogP contribution is -2.51. The average Bonchev–Trinajstić information content (AvgIpc) is 3.72. The fourth-order valence-corrected chi connectivity index (χ4v) is 7.73. The largest absolute Gasteiger partial charge is 0.492 e. The fraction of sp³-hybridized carbons (Fsp3) is 0.214. The first-order chi connectivity index (χ1) is 24.6. The molecule has 5 aromatic carbocycles. The van der Waals surface area contributed by atoms with Gasteiger partial charge in [0.25, 0.3) is 11.3 Å². The van der Waals surface area contributed by atoms with Gasteiger partial charge in [0, 0.05) is 6.54 Å². The molecule has 0 radical (unpaired) electrons. The summed E-state index contributed by atoms with van der Waals surface area (Å²) in [4.78, 5) is 36.8. The van der Waals surface area contributed by atoms with E-state index in [0.717, 1.165) is 70.3 Å². The molecule has 1 atom stereocenters. The molecule has 2 amide bonds. The van der Waals surface area contributed by atoms with Gasteiger partial charge < -0.3 is 14.1 Å².